The number of rotatable bonds is 4. The van der Waals surface area contributed by atoms with Gasteiger partial charge in [0.15, 0.2) is 0 Å². The van der Waals surface area contributed by atoms with Crippen LogP contribution in [0.3, 0.4) is 0 Å². The maximum atomic E-state index is 11.3. The molecule has 0 saturated heterocycles. The molecule has 0 fully saturated rings. The number of nitrogens with one attached hydrogen (secondary N) is 1. The van der Waals surface area contributed by atoms with E-state index in [1.165, 1.54) is 11.8 Å². The van der Waals surface area contributed by atoms with Crippen molar-refractivity contribution in [3.8, 4) is 0 Å². The van der Waals surface area contributed by atoms with Crippen LogP contribution in [0.25, 0.3) is 0 Å². The molecule has 0 spiro atoms. The first-order chi connectivity index (χ1) is 6.74. The van der Waals surface area contributed by atoms with Gasteiger partial charge in [-0.2, -0.15) is 11.8 Å². The summed E-state index contributed by atoms with van der Waals surface area (Å²) >= 11 is 1.53. The summed E-state index contributed by atoms with van der Waals surface area (Å²) in [6.45, 7) is 1.99. The van der Waals surface area contributed by atoms with Crippen LogP contribution in [0.4, 0.5) is 0 Å². The monoisotopic (exact) mass is 209 g/mol. The van der Waals surface area contributed by atoms with E-state index in [4.69, 9.17) is 0 Å². The number of carbonyl (C=O) groups is 1. The van der Waals surface area contributed by atoms with Crippen LogP contribution in [0.1, 0.15) is 18.5 Å². The SMILES string of the molecule is CSCC(=O)N[C@@H](C)c1ccccc1. The second-order valence-electron chi connectivity index (χ2n) is 3.13. The van der Waals surface area contributed by atoms with E-state index in [0.717, 1.165) is 5.56 Å². The van der Waals surface area contributed by atoms with Crippen LogP contribution in [0, 0.1) is 0 Å². The molecule has 0 heterocycles. The third kappa shape index (κ3) is 3.42. The molecular weight excluding hydrogens is 194 g/mol. The lowest BCUT2D eigenvalue weighted by Gasteiger charge is -2.13. The largest absolute Gasteiger partial charge is 0.349 e. The number of thioether (sulfide) groups is 1. The van der Waals surface area contributed by atoms with Crippen molar-refractivity contribution in [3.63, 3.8) is 0 Å². The Morgan fingerprint density at radius 3 is 2.64 bits per heavy atom. The quantitative estimate of drug-likeness (QED) is 0.824. The highest BCUT2D eigenvalue weighted by atomic mass is 32.2. The molecular formula is C11H15NOS. The molecule has 1 aromatic rings. The summed E-state index contributed by atoms with van der Waals surface area (Å²) < 4.78 is 0. The maximum Gasteiger partial charge on any atom is 0.230 e. The van der Waals surface area contributed by atoms with Gasteiger partial charge in [-0.15, -0.1) is 0 Å². The molecule has 1 aromatic carbocycles. The molecule has 0 aromatic heterocycles. The van der Waals surface area contributed by atoms with Gasteiger partial charge in [-0.1, -0.05) is 30.3 Å². The van der Waals surface area contributed by atoms with Crippen LogP contribution < -0.4 is 5.32 Å². The van der Waals surface area contributed by atoms with E-state index in [2.05, 4.69) is 5.32 Å². The molecule has 0 aliphatic carbocycles. The number of benzene rings is 1. The van der Waals surface area contributed by atoms with Crippen molar-refractivity contribution in [1.29, 1.82) is 0 Å². The number of hydrogen-bond acceptors (Lipinski definition) is 2. The Morgan fingerprint density at radius 2 is 2.07 bits per heavy atom. The molecule has 1 atom stereocenters. The van der Waals surface area contributed by atoms with E-state index in [1.54, 1.807) is 0 Å². The van der Waals surface area contributed by atoms with Crippen LogP contribution in [0.2, 0.25) is 0 Å². The fraction of sp³-hybridized carbons (Fsp3) is 0.364. The Labute approximate surface area is 89.1 Å². The zero-order valence-electron chi connectivity index (χ0n) is 8.49. The van der Waals surface area contributed by atoms with Gasteiger partial charge in [-0.25, -0.2) is 0 Å². The van der Waals surface area contributed by atoms with Crippen molar-refractivity contribution in [1.82, 2.24) is 5.32 Å². The topological polar surface area (TPSA) is 29.1 Å². The summed E-state index contributed by atoms with van der Waals surface area (Å²) in [5.41, 5.74) is 1.14. The van der Waals surface area contributed by atoms with Crippen molar-refractivity contribution in [2.45, 2.75) is 13.0 Å². The van der Waals surface area contributed by atoms with Crippen molar-refractivity contribution >= 4 is 17.7 Å². The molecule has 0 saturated carbocycles. The van der Waals surface area contributed by atoms with E-state index >= 15 is 0 Å². The van der Waals surface area contributed by atoms with Gasteiger partial charge in [-0.05, 0) is 18.7 Å². The van der Waals surface area contributed by atoms with E-state index < -0.39 is 0 Å². The van der Waals surface area contributed by atoms with Crippen LogP contribution in [0.15, 0.2) is 30.3 Å². The van der Waals surface area contributed by atoms with Crippen molar-refractivity contribution < 1.29 is 4.79 Å². The van der Waals surface area contributed by atoms with E-state index in [1.807, 2.05) is 43.5 Å². The Balaban J connectivity index is 2.50. The predicted molar refractivity (Wildman–Crippen MR) is 61.4 cm³/mol. The molecule has 2 nitrogen and oxygen atoms in total. The summed E-state index contributed by atoms with van der Waals surface area (Å²) in [5.74, 6) is 0.617. The zero-order valence-corrected chi connectivity index (χ0v) is 9.30. The molecule has 1 amide bonds. The van der Waals surface area contributed by atoms with Crippen LogP contribution in [-0.4, -0.2) is 17.9 Å². The zero-order chi connectivity index (χ0) is 10.4. The highest BCUT2D eigenvalue weighted by Crippen LogP contribution is 2.10. The molecule has 1 rings (SSSR count). The fourth-order valence-electron chi connectivity index (χ4n) is 1.24. The summed E-state index contributed by atoms with van der Waals surface area (Å²) in [6, 6.07) is 10.1. The third-order valence-electron chi connectivity index (χ3n) is 1.95. The Bertz CT molecular complexity index is 287. The van der Waals surface area contributed by atoms with Gasteiger partial charge in [0.1, 0.15) is 0 Å². The minimum absolute atomic E-state index is 0.0915. The van der Waals surface area contributed by atoms with Crippen LogP contribution in [0.5, 0.6) is 0 Å². The lowest BCUT2D eigenvalue weighted by molar-refractivity contribution is -0.119. The number of amides is 1. The van der Waals surface area contributed by atoms with Gasteiger partial charge >= 0.3 is 0 Å². The molecule has 0 aliphatic rings. The van der Waals surface area contributed by atoms with Crippen molar-refractivity contribution in [2.75, 3.05) is 12.0 Å². The second-order valence-corrected chi connectivity index (χ2v) is 4.00. The molecule has 0 radical (unpaired) electrons. The fourth-order valence-corrected chi connectivity index (χ4v) is 1.58. The standard InChI is InChI=1S/C11H15NOS/c1-9(12-11(13)8-14-2)10-6-4-3-5-7-10/h3-7,9H,8H2,1-2H3,(H,12,13)/t9-/m0/s1. The van der Waals surface area contributed by atoms with E-state index in [9.17, 15) is 4.79 Å². The lowest BCUT2D eigenvalue weighted by atomic mass is 10.1. The summed E-state index contributed by atoms with van der Waals surface area (Å²) in [4.78, 5) is 11.3. The lowest BCUT2D eigenvalue weighted by Crippen LogP contribution is -2.27. The highest BCUT2D eigenvalue weighted by molar-refractivity contribution is 7.99. The Hall–Kier alpha value is -0.960. The molecule has 1 N–H and O–H groups in total. The molecule has 3 heteroatoms. The van der Waals surface area contributed by atoms with Crippen molar-refractivity contribution in [2.24, 2.45) is 0 Å². The van der Waals surface area contributed by atoms with Crippen LogP contribution in [-0.2, 0) is 4.79 Å². The normalized spacial score (nSPS) is 12.1. The highest BCUT2D eigenvalue weighted by Gasteiger charge is 2.07. The average molecular weight is 209 g/mol. The molecule has 0 bridgehead atoms. The van der Waals surface area contributed by atoms with E-state index in [0.29, 0.717) is 5.75 Å². The Morgan fingerprint density at radius 1 is 1.43 bits per heavy atom. The number of carbonyl (C=O) groups excluding carboxylic acids is 1. The first-order valence-electron chi connectivity index (χ1n) is 4.57. The van der Waals surface area contributed by atoms with Gasteiger partial charge in [0.2, 0.25) is 5.91 Å². The molecule has 14 heavy (non-hydrogen) atoms. The number of hydrogen-bond donors (Lipinski definition) is 1. The summed E-state index contributed by atoms with van der Waals surface area (Å²) in [6.07, 6.45) is 1.92. The van der Waals surface area contributed by atoms with Gasteiger partial charge < -0.3 is 5.32 Å². The van der Waals surface area contributed by atoms with Crippen LogP contribution >= 0.6 is 11.8 Å². The minimum atomic E-state index is 0.0915. The summed E-state index contributed by atoms with van der Waals surface area (Å²) in [7, 11) is 0. The summed E-state index contributed by atoms with van der Waals surface area (Å²) in [5, 5.41) is 2.94. The minimum Gasteiger partial charge on any atom is -0.349 e. The predicted octanol–water partition coefficient (Wildman–Crippen LogP) is 2.23. The first-order valence-corrected chi connectivity index (χ1v) is 5.96. The van der Waals surface area contributed by atoms with E-state index in [-0.39, 0.29) is 11.9 Å². The van der Waals surface area contributed by atoms with Crippen molar-refractivity contribution in [3.05, 3.63) is 35.9 Å². The van der Waals surface area contributed by atoms with Gasteiger partial charge in [0.25, 0.3) is 0 Å². The third-order valence-corrected chi connectivity index (χ3v) is 2.50. The van der Waals surface area contributed by atoms with Gasteiger partial charge in [0, 0.05) is 0 Å². The first kappa shape index (κ1) is 11.1. The average Bonchev–Trinajstić information content (AvgIpc) is 2.19. The smallest absolute Gasteiger partial charge is 0.230 e. The molecule has 0 unspecified atom stereocenters. The molecule has 76 valence electrons. The second kappa shape index (κ2) is 5.70. The van der Waals surface area contributed by atoms with Gasteiger partial charge in [-0.3, -0.25) is 4.79 Å². The molecule has 0 aliphatic heterocycles. The van der Waals surface area contributed by atoms with Gasteiger partial charge in [0.05, 0.1) is 11.8 Å². The Kier molecular flexibility index (Phi) is 4.53. The maximum absolute atomic E-state index is 11.3.